The number of aromatic amines is 1. The number of carbonyl (C=O) groups excluding carboxylic acids is 7. The molecule has 0 saturated heterocycles. The maximum atomic E-state index is 13.2. The Morgan fingerprint density at radius 3 is 1.74 bits per heavy atom. The number of ketones is 5. The van der Waals surface area contributed by atoms with E-state index in [1.807, 2.05) is 0 Å². The van der Waals surface area contributed by atoms with Crippen molar-refractivity contribution in [1.29, 1.82) is 0 Å². The fraction of sp³-hybridized carbons (Fsp3) is 0.811. The Morgan fingerprint density at radius 2 is 1.17 bits per heavy atom. The molecule has 1 aromatic rings. The zero-order valence-electron chi connectivity index (χ0n) is 43.8. The van der Waals surface area contributed by atoms with Gasteiger partial charge in [0.05, 0.1) is 58.0 Å². The molecule has 1 heterocycles. The zero-order valence-corrected chi connectivity index (χ0v) is 43.8. The van der Waals surface area contributed by atoms with E-state index < -0.39 is 17.5 Å². The van der Waals surface area contributed by atoms with Crippen molar-refractivity contribution < 1.29 is 52.5 Å². The summed E-state index contributed by atoms with van der Waals surface area (Å²) in [6.45, 7) is 9.15. The predicted octanol–water partition coefficient (Wildman–Crippen LogP) is 6.81. The third-order valence-corrected chi connectivity index (χ3v) is 12.2. The Morgan fingerprint density at radius 1 is 0.629 bits per heavy atom. The normalized spacial score (nSPS) is 12.4. The van der Waals surface area contributed by atoms with Crippen molar-refractivity contribution in [2.45, 2.75) is 200 Å². The van der Waals surface area contributed by atoms with Gasteiger partial charge in [0.1, 0.15) is 30.6 Å². The Bertz CT molecular complexity index is 1560. The summed E-state index contributed by atoms with van der Waals surface area (Å²) in [5.41, 5.74) is 5.80. The van der Waals surface area contributed by atoms with E-state index in [1.54, 1.807) is 20.0 Å². The van der Waals surface area contributed by atoms with Crippen LogP contribution in [0.4, 0.5) is 0 Å². The number of ether oxygens (including phenoxy) is 4. The molecule has 17 nitrogen and oxygen atoms in total. The molecular formula is C53H94N6O11. The highest BCUT2D eigenvalue weighted by atomic mass is 16.5. The van der Waals surface area contributed by atoms with E-state index >= 15 is 0 Å². The molecule has 1 aromatic heterocycles. The molecule has 2 atom stereocenters. The van der Waals surface area contributed by atoms with E-state index in [2.05, 4.69) is 32.8 Å². The zero-order chi connectivity index (χ0) is 51.5. The van der Waals surface area contributed by atoms with Gasteiger partial charge >= 0.3 is 0 Å². The van der Waals surface area contributed by atoms with Crippen LogP contribution in [0, 0.1) is 5.41 Å². The average Bonchev–Trinajstić information content (AvgIpc) is 3.84. The van der Waals surface area contributed by atoms with Gasteiger partial charge in [-0.05, 0) is 39.0 Å². The first-order chi connectivity index (χ1) is 33.7. The number of imidazole rings is 1. The lowest BCUT2D eigenvalue weighted by Crippen LogP contribution is -2.45. The molecule has 0 saturated carbocycles. The van der Waals surface area contributed by atoms with E-state index in [1.165, 1.54) is 96.7 Å². The topological polar surface area (TPSA) is 247 Å². The summed E-state index contributed by atoms with van der Waals surface area (Å²) >= 11 is 0. The van der Waals surface area contributed by atoms with Crippen LogP contribution in [-0.2, 0) is 58.9 Å². The quantitative estimate of drug-likeness (QED) is 0.0421. The molecule has 0 aliphatic carbocycles. The van der Waals surface area contributed by atoms with E-state index in [-0.39, 0.29) is 107 Å². The van der Waals surface area contributed by atoms with Crippen molar-refractivity contribution in [3.8, 4) is 0 Å². The molecule has 0 spiro atoms. The highest BCUT2D eigenvalue weighted by molar-refractivity contribution is 5.94. The molecule has 0 aliphatic heterocycles. The van der Waals surface area contributed by atoms with Gasteiger partial charge in [-0.15, -0.1) is 0 Å². The number of hydrogen-bond donors (Lipinski definition) is 5. The van der Waals surface area contributed by atoms with Crippen LogP contribution >= 0.6 is 0 Å². The molecule has 0 aliphatic rings. The summed E-state index contributed by atoms with van der Waals surface area (Å²) in [6, 6.07) is -1.45. The number of Topliss-reactive ketones (excluding diaryl/α,β-unsaturated/α-hetero) is 5. The largest absolute Gasteiger partial charge is 0.379 e. The first kappa shape index (κ1) is 64.3. The minimum atomic E-state index is -1.01. The fourth-order valence-electron chi connectivity index (χ4n) is 7.74. The van der Waals surface area contributed by atoms with Crippen molar-refractivity contribution in [1.82, 2.24) is 25.9 Å². The molecule has 1 rings (SSSR count). The first-order valence-corrected chi connectivity index (χ1v) is 26.7. The Labute approximate surface area is 420 Å². The van der Waals surface area contributed by atoms with E-state index in [0.29, 0.717) is 70.6 Å². The molecule has 2 amide bonds. The summed E-state index contributed by atoms with van der Waals surface area (Å²) in [7, 11) is 0. The van der Waals surface area contributed by atoms with Gasteiger partial charge in [-0.2, -0.15) is 0 Å². The minimum Gasteiger partial charge on any atom is -0.379 e. The predicted molar refractivity (Wildman–Crippen MR) is 272 cm³/mol. The third-order valence-electron chi connectivity index (χ3n) is 12.2. The van der Waals surface area contributed by atoms with Crippen LogP contribution in [0.25, 0.3) is 0 Å². The number of amides is 2. The van der Waals surface area contributed by atoms with Crippen LogP contribution in [0.15, 0.2) is 12.5 Å². The average molecular weight is 991 g/mol. The number of rotatable bonds is 51. The van der Waals surface area contributed by atoms with Gasteiger partial charge < -0.3 is 50.4 Å². The number of nitrogens with zero attached hydrogens (tertiary/aromatic N) is 1. The van der Waals surface area contributed by atoms with Gasteiger partial charge in [-0.3, -0.25) is 28.8 Å². The molecule has 17 heteroatoms. The van der Waals surface area contributed by atoms with Gasteiger partial charge in [0.15, 0.2) is 11.6 Å². The molecule has 0 fully saturated rings. The van der Waals surface area contributed by atoms with E-state index in [0.717, 1.165) is 18.5 Å². The van der Waals surface area contributed by atoms with Gasteiger partial charge in [-0.1, -0.05) is 111 Å². The lowest BCUT2D eigenvalue weighted by Gasteiger charge is -2.25. The minimum absolute atomic E-state index is 0.0511. The number of unbranched alkanes of at least 4 members (excludes halogenated alkanes) is 15. The molecule has 0 radical (unpaired) electrons. The molecule has 402 valence electrons. The number of carbonyl (C=O) groups is 7. The summed E-state index contributed by atoms with van der Waals surface area (Å²) in [5.74, 6) is -1.03. The molecule has 0 bridgehead atoms. The number of nitrogens with two attached hydrogens (primary N) is 1. The fourth-order valence-corrected chi connectivity index (χ4v) is 7.74. The summed E-state index contributed by atoms with van der Waals surface area (Å²) in [4.78, 5) is 93.9. The van der Waals surface area contributed by atoms with Crippen molar-refractivity contribution in [2.24, 2.45) is 11.1 Å². The Kier molecular flexibility index (Phi) is 39.4. The van der Waals surface area contributed by atoms with Crippen LogP contribution in [-0.4, -0.2) is 135 Å². The van der Waals surface area contributed by atoms with Gasteiger partial charge in [0.2, 0.25) is 11.8 Å². The number of hydrogen-bond acceptors (Lipinski definition) is 14. The highest BCUT2D eigenvalue weighted by Crippen LogP contribution is 2.23. The van der Waals surface area contributed by atoms with Crippen LogP contribution in [0.3, 0.4) is 0 Å². The van der Waals surface area contributed by atoms with Crippen molar-refractivity contribution in [3.05, 3.63) is 18.2 Å². The maximum Gasteiger partial charge on any atom is 0.246 e. The van der Waals surface area contributed by atoms with Crippen molar-refractivity contribution in [3.63, 3.8) is 0 Å². The molecule has 70 heavy (non-hydrogen) atoms. The van der Waals surface area contributed by atoms with Crippen molar-refractivity contribution in [2.75, 3.05) is 72.5 Å². The van der Waals surface area contributed by atoms with Crippen LogP contribution in [0.1, 0.15) is 187 Å². The standard InChI is InChI=1S/C53H94N6O11/c1-5-6-7-8-9-10-11-12-13-14-15-16-17-18-19-23-45(61)24-22-30-67-32-34-69-41-52(66)57-29-31-68-33-35-70-40-51(65)56-28-21-20-25-47(48(62)27-26-43(2)60)58-39-50(64)53(3,4)37-49(63)46(54)36-44-38-55-42-59-44/h38,42,46-47,58H,5-37,39-41,54H2,1-4H3,(H,55,59)(H,56,65)(H,57,66)/t46-,47-/m0/s1. The SMILES string of the molecule is CCCCCCCCCCCCCCCCCC(=O)CCCOCCOCC(=O)NCCOCCOCC(=O)NCCCC[C@H](NCC(=O)C(C)(C)CC(=O)[C@@H](N)Cc1cnc[nH]1)C(=O)CCC(C)=O. The summed E-state index contributed by atoms with van der Waals surface area (Å²) in [5, 5.41) is 8.55. The van der Waals surface area contributed by atoms with Crippen molar-refractivity contribution >= 4 is 40.7 Å². The second kappa shape index (κ2) is 42.9. The van der Waals surface area contributed by atoms with Gasteiger partial charge in [-0.25, -0.2) is 4.98 Å². The Balaban J connectivity index is 2.02. The van der Waals surface area contributed by atoms with Gasteiger partial charge in [0, 0.05) is 75.5 Å². The summed E-state index contributed by atoms with van der Waals surface area (Å²) in [6.07, 6.45) is 26.6. The number of H-pyrrole nitrogens is 1. The maximum absolute atomic E-state index is 13.2. The lowest BCUT2D eigenvalue weighted by molar-refractivity contribution is -0.132. The summed E-state index contributed by atoms with van der Waals surface area (Å²) < 4.78 is 21.8. The van der Waals surface area contributed by atoms with Crippen LogP contribution in [0.2, 0.25) is 0 Å². The molecule has 0 aromatic carbocycles. The van der Waals surface area contributed by atoms with E-state index in [9.17, 15) is 33.6 Å². The van der Waals surface area contributed by atoms with Crippen LogP contribution < -0.4 is 21.7 Å². The van der Waals surface area contributed by atoms with Crippen LogP contribution in [0.5, 0.6) is 0 Å². The highest BCUT2D eigenvalue weighted by Gasteiger charge is 2.33. The monoisotopic (exact) mass is 991 g/mol. The number of aromatic nitrogens is 2. The molecule has 6 N–H and O–H groups in total. The molecule has 0 unspecified atom stereocenters. The first-order valence-electron chi connectivity index (χ1n) is 26.7. The number of nitrogens with one attached hydrogen (secondary N) is 4. The second-order valence-corrected chi connectivity index (χ2v) is 19.3. The lowest BCUT2D eigenvalue weighted by atomic mass is 9.81. The second-order valence-electron chi connectivity index (χ2n) is 19.3. The third kappa shape index (κ3) is 37.1. The van der Waals surface area contributed by atoms with Gasteiger partial charge in [0.25, 0.3) is 0 Å². The molecular weight excluding hydrogens is 897 g/mol. The van der Waals surface area contributed by atoms with E-state index in [4.69, 9.17) is 24.7 Å². The smallest absolute Gasteiger partial charge is 0.246 e. The Hall–Kier alpha value is -3.74.